The first-order valence-corrected chi connectivity index (χ1v) is 4.49. The molecule has 1 rings (SSSR count). The highest BCUT2D eigenvalue weighted by atomic mass is 32.1. The number of carbonyl (C=O) groups excluding carboxylic acids is 1. The summed E-state index contributed by atoms with van der Waals surface area (Å²) in [4.78, 5) is 16.5. The van der Waals surface area contributed by atoms with Gasteiger partial charge in [-0.25, -0.2) is 4.98 Å². The van der Waals surface area contributed by atoms with Crippen LogP contribution >= 0.6 is 12.6 Å². The van der Waals surface area contributed by atoms with Crippen molar-refractivity contribution in [3.8, 4) is 0 Å². The van der Waals surface area contributed by atoms with Crippen molar-refractivity contribution in [2.45, 2.75) is 6.54 Å². The van der Waals surface area contributed by atoms with E-state index in [4.69, 9.17) is 0 Å². The lowest BCUT2D eigenvalue weighted by molar-refractivity contribution is -0.111. The Labute approximate surface area is 83.0 Å². The highest BCUT2D eigenvalue weighted by molar-refractivity contribution is 7.96. The van der Waals surface area contributed by atoms with Crippen LogP contribution in [0.4, 0.5) is 0 Å². The van der Waals surface area contributed by atoms with Crippen molar-refractivity contribution in [1.29, 1.82) is 0 Å². The Balaban J connectivity index is 2.22. The standard InChI is InChI=1S/C8H13N3OS/c1-10(6-8(12)13)4-5-11-3-2-9-7-11/h2-3,7H,4-6H2,1H3,(H,12,13). The molecule has 0 aliphatic heterocycles. The molecule has 0 atom stereocenters. The fourth-order valence-corrected chi connectivity index (χ4v) is 1.26. The third kappa shape index (κ3) is 4.10. The van der Waals surface area contributed by atoms with Gasteiger partial charge in [-0.2, -0.15) is 0 Å². The Bertz CT molecular complexity index is 260. The number of hydrogen-bond donors (Lipinski definition) is 1. The Morgan fingerprint density at radius 2 is 2.46 bits per heavy atom. The fourth-order valence-electron chi connectivity index (χ4n) is 1.02. The molecular weight excluding hydrogens is 186 g/mol. The summed E-state index contributed by atoms with van der Waals surface area (Å²) in [5.74, 6) is 0. The summed E-state index contributed by atoms with van der Waals surface area (Å²) >= 11 is 3.71. The molecule has 0 aromatic carbocycles. The second kappa shape index (κ2) is 5.04. The number of hydrogen-bond acceptors (Lipinski definition) is 3. The summed E-state index contributed by atoms with van der Waals surface area (Å²) < 4.78 is 1.97. The molecule has 13 heavy (non-hydrogen) atoms. The number of carbonyl (C=O) groups is 1. The maximum atomic E-state index is 10.6. The predicted molar refractivity (Wildman–Crippen MR) is 53.7 cm³/mol. The van der Waals surface area contributed by atoms with E-state index in [9.17, 15) is 4.79 Å². The molecule has 0 aliphatic carbocycles. The molecule has 72 valence electrons. The van der Waals surface area contributed by atoms with E-state index in [1.807, 2.05) is 22.7 Å². The summed E-state index contributed by atoms with van der Waals surface area (Å²) in [5.41, 5.74) is 0. The van der Waals surface area contributed by atoms with E-state index in [0.717, 1.165) is 13.1 Å². The summed E-state index contributed by atoms with van der Waals surface area (Å²) in [6.07, 6.45) is 5.40. The lowest BCUT2D eigenvalue weighted by atomic mass is 10.5. The number of nitrogens with zero attached hydrogens (tertiary/aromatic N) is 3. The smallest absolute Gasteiger partial charge is 0.199 e. The second-order valence-electron chi connectivity index (χ2n) is 2.93. The number of imidazole rings is 1. The molecule has 0 saturated carbocycles. The average Bonchev–Trinajstić information content (AvgIpc) is 2.51. The van der Waals surface area contributed by atoms with Crippen molar-refractivity contribution in [3.05, 3.63) is 18.7 Å². The normalized spacial score (nSPS) is 10.7. The molecule has 0 spiro atoms. The third-order valence-electron chi connectivity index (χ3n) is 1.70. The molecule has 5 heteroatoms. The summed E-state index contributed by atoms with van der Waals surface area (Å²) in [5, 5.41) is -0.104. The van der Waals surface area contributed by atoms with Crippen molar-refractivity contribution >= 4 is 17.7 Å². The van der Waals surface area contributed by atoms with Crippen molar-refractivity contribution in [2.75, 3.05) is 20.1 Å². The van der Waals surface area contributed by atoms with E-state index in [-0.39, 0.29) is 5.12 Å². The molecule has 0 radical (unpaired) electrons. The van der Waals surface area contributed by atoms with Crippen LogP contribution in [0.5, 0.6) is 0 Å². The molecule has 1 aromatic heterocycles. The molecule has 0 bridgehead atoms. The van der Waals surface area contributed by atoms with Crippen molar-refractivity contribution in [2.24, 2.45) is 0 Å². The topological polar surface area (TPSA) is 38.1 Å². The van der Waals surface area contributed by atoms with Crippen LogP contribution in [-0.4, -0.2) is 39.7 Å². The Morgan fingerprint density at radius 3 is 3.00 bits per heavy atom. The summed E-state index contributed by atoms with van der Waals surface area (Å²) in [7, 11) is 1.89. The molecule has 0 saturated heterocycles. The van der Waals surface area contributed by atoms with Crippen molar-refractivity contribution < 1.29 is 4.79 Å². The first kappa shape index (κ1) is 10.3. The Morgan fingerprint density at radius 1 is 1.69 bits per heavy atom. The van der Waals surface area contributed by atoms with E-state index in [1.54, 1.807) is 12.5 Å². The maximum Gasteiger partial charge on any atom is 0.199 e. The van der Waals surface area contributed by atoms with Crippen LogP contribution in [-0.2, 0) is 11.3 Å². The highest BCUT2D eigenvalue weighted by Gasteiger charge is 2.01. The van der Waals surface area contributed by atoms with Gasteiger partial charge >= 0.3 is 0 Å². The average molecular weight is 199 g/mol. The zero-order valence-electron chi connectivity index (χ0n) is 7.55. The molecule has 1 aromatic rings. The number of aromatic nitrogens is 2. The second-order valence-corrected chi connectivity index (χ2v) is 3.43. The zero-order chi connectivity index (χ0) is 9.68. The van der Waals surface area contributed by atoms with Crippen LogP contribution in [0.25, 0.3) is 0 Å². The van der Waals surface area contributed by atoms with E-state index in [2.05, 4.69) is 17.6 Å². The van der Waals surface area contributed by atoms with Gasteiger partial charge in [0, 0.05) is 25.5 Å². The minimum absolute atomic E-state index is 0.104. The largest absolute Gasteiger partial charge is 0.336 e. The molecule has 0 unspecified atom stereocenters. The predicted octanol–water partition coefficient (Wildman–Crippen LogP) is 0.271. The molecule has 0 amide bonds. The first-order chi connectivity index (χ1) is 6.18. The minimum atomic E-state index is -0.104. The van der Waals surface area contributed by atoms with Crippen LogP contribution in [0.1, 0.15) is 0 Å². The monoisotopic (exact) mass is 199 g/mol. The summed E-state index contributed by atoms with van der Waals surface area (Å²) in [6.45, 7) is 2.05. The quantitative estimate of drug-likeness (QED) is 0.692. The van der Waals surface area contributed by atoms with Gasteiger partial charge < -0.3 is 4.57 Å². The van der Waals surface area contributed by atoms with Gasteiger partial charge in [0.2, 0.25) is 0 Å². The number of rotatable bonds is 5. The van der Waals surface area contributed by atoms with Crippen molar-refractivity contribution in [1.82, 2.24) is 14.5 Å². The minimum Gasteiger partial charge on any atom is -0.336 e. The van der Waals surface area contributed by atoms with Crippen LogP contribution in [0.3, 0.4) is 0 Å². The van der Waals surface area contributed by atoms with Crippen LogP contribution in [0, 0.1) is 0 Å². The lowest BCUT2D eigenvalue weighted by Crippen LogP contribution is -2.27. The third-order valence-corrected chi connectivity index (χ3v) is 1.85. The lowest BCUT2D eigenvalue weighted by Gasteiger charge is -2.13. The van der Waals surface area contributed by atoms with Crippen LogP contribution in [0.15, 0.2) is 18.7 Å². The highest BCUT2D eigenvalue weighted by Crippen LogP contribution is 1.90. The molecule has 0 N–H and O–H groups in total. The van der Waals surface area contributed by atoms with Gasteiger partial charge in [0.15, 0.2) is 5.12 Å². The van der Waals surface area contributed by atoms with E-state index >= 15 is 0 Å². The van der Waals surface area contributed by atoms with Gasteiger partial charge in [0.25, 0.3) is 0 Å². The van der Waals surface area contributed by atoms with Gasteiger partial charge in [-0.15, -0.1) is 12.6 Å². The molecular formula is C8H13N3OS. The maximum absolute atomic E-state index is 10.6. The van der Waals surface area contributed by atoms with E-state index < -0.39 is 0 Å². The Hall–Kier alpha value is -0.810. The zero-order valence-corrected chi connectivity index (χ0v) is 8.44. The molecule has 1 heterocycles. The molecule has 0 aliphatic rings. The van der Waals surface area contributed by atoms with Gasteiger partial charge in [-0.1, -0.05) is 0 Å². The van der Waals surface area contributed by atoms with Crippen molar-refractivity contribution in [3.63, 3.8) is 0 Å². The van der Waals surface area contributed by atoms with Gasteiger partial charge in [0.05, 0.1) is 12.9 Å². The molecule has 4 nitrogen and oxygen atoms in total. The fraction of sp³-hybridized carbons (Fsp3) is 0.500. The number of thiol groups is 1. The number of likely N-dealkylation sites (N-methyl/N-ethyl adjacent to an activating group) is 1. The van der Waals surface area contributed by atoms with Crippen LogP contribution < -0.4 is 0 Å². The summed E-state index contributed by atoms with van der Waals surface area (Å²) in [6, 6.07) is 0. The van der Waals surface area contributed by atoms with Crippen LogP contribution in [0.2, 0.25) is 0 Å². The SMILES string of the molecule is CN(CCn1ccnc1)CC(=O)S. The van der Waals surface area contributed by atoms with Gasteiger partial charge in [-0.05, 0) is 7.05 Å². The van der Waals surface area contributed by atoms with E-state index in [1.165, 1.54) is 0 Å². The molecule has 0 fully saturated rings. The Kier molecular flexibility index (Phi) is 3.98. The van der Waals surface area contributed by atoms with Gasteiger partial charge in [0.1, 0.15) is 0 Å². The van der Waals surface area contributed by atoms with Gasteiger partial charge in [-0.3, -0.25) is 9.69 Å². The van der Waals surface area contributed by atoms with E-state index in [0.29, 0.717) is 6.54 Å². The first-order valence-electron chi connectivity index (χ1n) is 4.04.